The molecule has 0 spiro atoms. The van der Waals surface area contributed by atoms with Crippen molar-refractivity contribution in [2.24, 2.45) is 0 Å². The summed E-state index contributed by atoms with van der Waals surface area (Å²) >= 11 is 10.7. The highest BCUT2D eigenvalue weighted by Gasteiger charge is 2.12. The molecule has 5 nitrogen and oxygen atoms in total. The molecule has 0 aliphatic rings. The summed E-state index contributed by atoms with van der Waals surface area (Å²) in [5, 5.41) is 0.366. The van der Waals surface area contributed by atoms with Crippen LogP contribution >= 0.6 is 38.9 Å². The lowest BCUT2D eigenvalue weighted by atomic mass is 10.2. The van der Waals surface area contributed by atoms with Crippen LogP contribution in [0, 0.1) is 0 Å². The van der Waals surface area contributed by atoms with Gasteiger partial charge in [0.1, 0.15) is 0 Å². The molecule has 0 aliphatic heterocycles. The fourth-order valence-electron chi connectivity index (χ4n) is 2.03. The van der Waals surface area contributed by atoms with Crippen LogP contribution in [0.3, 0.4) is 0 Å². The van der Waals surface area contributed by atoms with E-state index in [9.17, 15) is 9.59 Å². The Balaban J connectivity index is 2.00. The maximum Gasteiger partial charge on any atom is 0.331 e. The van der Waals surface area contributed by atoms with Gasteiger partial charge in [0.15, 0.2) is 18.1 Å². The minimum absolute atomic E-state index is 0.256. The highest BCUT2D eigenvalue weighted by molar-refractivity contribution is 9.11. The Morgan fingerprint density at radius 1 is 1.31 bits per heavy atom. The van der Waals surface area contributed by atoms with Crippen LogP contribution in [-0.2, 0) is 9.53 Å². The van der Waals surface area contributed by atoms with E-state index in [1.165, 1.54) is 30.6 Å². The number of esters is 1. The molecule has 0 amide bonds. The highest BCUT2D eigenvalue weighted by Crippen LogP contribution is 2.36. The van der Waals surface area contributed by atoms with E-state index in [1.807, 2.05) is 6.92 Å². The molecule has 0 fully saturated rings. The number of hydrogen-bond donors (Lipinski definition) is 0. The summed E-state index contributed by atoms with van der Waals surface area (Å²) in [5.41, 5.74) is 0.643. The minimum atomic E-state index is -0.626. The van der Waals surface area contributed by atoms with Gasteiger partial charge in [0.25, 0.3) is 0 Å². The highest BCUT2D eigenvalue weighted by atomic mass is 79.9. The number of carbonyl (C=O) groups is 2. The summed E-state index contributed by atoms with van der Waals surface area (Å²) in [6, 6.07) is 6.78. The number of hydrogen-bond acceptors (Lipinski definition) is 6. The largest absolute Gasteiger partial charge is 0.491 e. The Labute approximate surface area is 168 Å². The first-order valence-electron chi connectivity index (χ1n) is 7.58. The van der Waals surface area contributed by atoms with Crippen molar-refractivity contribution in [2.75, 3.05) is 20.3 Å². The normalized spacial score (nSPS) is 10.8. The number of rotatable bonds is 8. The minimum Gasteiger partial charge on any atom is -0.491 e. The zero-order valence-corrected chi connectivity index (χ0v) is 17.2. The average molecular weight is 460 g/mol. The topological polar surface area (TPSA) is 61.8 Å². The molecule has 0 aliphatic carbocycles. The molecule has 1 heterocycles. The van der Waals surface area contributed by atoms with Gasteiger partial charge in [-0.15, -0.1) is 11.3 Å². The van der Waals surface area contributed by atoms with E-state index in [2.05, 4.69) is 15.9 Å². The number of carbonyl (C=O) groups excluding carboxylic acids is 2. The Kier molecular flexibility index (Phi) is 7.68. The molecule has 0 saturated carbocycles. The summed E-state index contributed by atoms with van der Waals surface area (Å²) in [5.74, 6) is 0.0300. The zero-order chi connectivity index (χ0) is 19.1. The smallest absolute Gasteiger partial charge is 0.331 e. The van der Waals surface area contributed by atoms with Gasteiger partial charge in [-0.05, 0) is 58.8 Å². The van der Waals surface area contributed by atoms with Gasteiger partial charge in [-0.2, -0.15) is 0 Å². The van der Waals surface area contributed by atoms with Crippen LogP contribution in [0.15, 0.2) is 34.1 Å². The molecule has 0 radical (unpaired) electrons. The maximum absolute atomic E-state index is 11.9. The lowest BCUT2D eigenvalue weighted by molar-refractivity contribution is -0.136. The molecular formula is C18H16BrClO5S. The van der Waals surface area contributed by atoms with Gasteiger partial charge >= 0.3 is 5.97 Å². The molecule has 1 aromatic heterocycles. The van der Waals surface area contributed by atoms with Crippen LogP contribution in [-0.4, -0.2) is 32.1 Å². The number of ketones is 1. The van der Waals surface area contributed by atoms with Crippen molar-refractivity contribution in [1.82, 2.24) is 0 Å². The number of halogens is 2. The molecule has 0 N–H and O–H groups in total. The van der Waals surface area contributed by atoms with Crippen molar-refractivity contribution >= 4 is 56.7 Å². The lowest BCUT2D eigenvalue weighted by Crippen LogP contribution is -2.11. The molecule has 2 rings (SSSR count). The molecule has 26 heavy (non-hydrogen) atoms. The summed E-state index contributed by atoms with van der Waals surface area (Å²) in [7, 11) is 1.50. The third kappa shape index (κ3) is 5.59. The molecule has 8 heteroatoms. The molecule has 0 bridgehead atoms. The Morgan fingerprint density at radius 3 is 2.69 bits per heavy atom. The summed E-state index contributed by atoms with van der Waals surface area (Å²) in [6.45, 7) is 1.98. The maximum atomic E-state index is 11.9. The van der Waals surface area contributed by atoms with E-state index in [-0.39, 0.29) is 12.4 Å². The second-order valence-electron chi connectivity index (χ2n) is 4.94. The number of ether oxygens (including phenoxy) is 3. The van der Waals surface area contributed by atoms with Gasteiger partial charge in [0.2, 0.25) is 5.78 Å². The van der Waals surface area contributed by atoms with Crippen LogP contribution in [0.4, 0.5) is 0 Å². The molecule has 0 unspecified atom stereocenters. The van der Waals surface area contributed by atoms with Crippen molar-refractivity contribution in [1.29, 1.82) is 0 Å². The predicted octanol–water partition coefficient (Wildman–Crippen LogP) is 5.01. The summed E-state index contributed by atoms with van der Waals surface area (Å²) in [4.78, 5) is 24.3. The van der Waals surface area contributed by atoms with Gasteiger partial charge in [0.05, 0.1) is 27.4 Å². The van der Waals surface area contributed by atoms with E-state index in [4.69, 9.17) is 25.8 Å². The van der Waals surface area contributed by atoms with Crippen molar-refractivity contribution in [2.45, 2.75) is 6.92 Å². The van der Waals surface area contributed by atoms with Crippen LogP contribution in [0.5, 0.6) is 11.5 Å². The van der Waals surface area contributed by atoms with Gasteiger partial charge < -0.3 is 14.2 Å². The number of Topliss-reactive ketones (excluding diaryl/α,β-unsaturated/α-hetero) is 1. The second kappa shape index (κ2) is 9.75. The zero-order valence-electron chi connectivity index (χ0n) is 14.1. The first-order chi connectivity index (χ1) is 12.4. The monoisotopic (exact) mass is 458 g/mol. The number of methoxy groups -OCH3 is 1. The SMILES string of the molecule is CCOc1cc(/C=C/C(=O)OCC(=O)c2ccc(Br)s2)cc(Cl)c1OC. The summed E-state index contributed by atoms with van der Waals surface area (Å²) in [6.07, 6.45) is 2.76. The lowest BCUT2D eigenvalue weighted by Gasteiger charge is -2.11. The van der Waals surface area contributed by atoms with Crippen molar-refractivity contribution in [3.05, 3.63) is 49.6 Å². The second-order valence-corrected chi connectivity index (χ2v) is 7.81. The predicted molar refractivity (Wildman–Crippen MR) is 106 cm³/mol. The third-order valence-electron chi connectivity index (χ3n) is 3.14. The molecule has 0 atom stereocenters. The van der Waals surface area contributed by atoms with Gasteiger partial charge in [-0.1, -0.05) is 11.6 Å². The number of thiophene rings is 1. The molecular weight excluding hydrogens is 444 g/mol. The van der Waals surface area contributed by atoms with Crippen molar-refractivity contribution in [3.8, 4) is 11.5 Å². The van der Waals surface area contributed by atoms with Crippen molar-refractivity contribution < 1.29 is 23.8 Å². The van der Waals surface area contributed by atoms with Crippen LogP contribution in [0.25, 0.3) is 6.08 Å². The first-order valence-corrected chi connectivity index (χ1v) is 9.57. The van der Waals surface area contributed by atoms with Gasteiger partial charge in [0, 0.05) is 6.08 Å². The van der Waals surface area contributed by atoms with Crippen LogP contribution in [0.1, 0.15) is 22.2 Å². The van der Waals surface area contributed by atoms with E-state index in [0.717, 1.165) is 3.79 Å². The van der Waals surface area contributed by atoms with E-state index in [1.54, 1.807) is 24.3 Å². The fraction of sp³-hybridized carbons (Fsp3) is 0.222. The van der Waals surface area contributed by atoms with E-state index < -0.39 is 5.97 Å². The number of benzene rings is 1. The third-order valence-corrected chi connectivity index (χ3v) is 5.09. The van der Waals surface area contributed by atoms with Crippen LogP contribution in [0.2, 0.25) is 5.02 Å². The standard InChI is InChI=1S/C18H16BrClO5S/c1-3-24-14-9-11(8-12(20)18(14)23-2)4-7-17(22)25-10-13(21)15-5-6-16(19)26-15/h4-9H,3,10H2,1-2H3/b7-4+. The van der Waals surface area contributed by atoms with Gasteiger partial charge in [-0.25, -0.2) is 4.79 Å². The van der Waals surface area contributed by atoms with E-state index in [0.29, 0.717) is 33.6 Å². The van der Waals surface area contributed by atoms with Gasteiger partial charge in [-0.3, -0.25) is 4.79 Å². The molecule has 2 aromatic rings. The van der Waals surface area contributed by atoms with Crippen LogP contribution < -0.4 is 9.47 Å². The fourth-order valence-corrected chi connectivity index (χ4v) is 3.64. The first kappa shape index (κ1) is 20.5. The molecule has 1 aromatic carbocycles. The van der Waals surface area contributed by atoms with E-state index >= 15 is 0 Å². The summed E-state index contributed by atoms with van der Waals surface area (Å²) < 4.78 is 16.5. The quantitative estimate of drug-likeness (QED) is 0.315. The Hall–Kier alpha value is -1.83. The Bertz CT molecular complexity index is 831. The molecule has 138 valence electrons. The average Bonchev–Trinajstić information content (AvgIpc) is 3.04. The molecule has 0 saturated heterocycles. The Morgan fingerprint density at radius 2 is 2.08 bits per heavy atom. The van der Waals surface area contributed by atoms with Crippen molar-refractivity contribution in [3.63, 3.8) is 0 Å².